The number of carbonyl (C=O) groups is 2. The Balaban J connectivity index is 1.84. The number of hydrogen-bond donors (Lipinski definition) is 1. The Kier molecular flexibility index (Phi) is 8.36. The Bertz CT molecular complexity index is 946. The zero-order valence-corrected chi connectivity index (χ0v) is 19.4. The fourth-order valence-corrected chi connectivity index (χ4v) is 3.83. The van der Waals surface area contributed by atoms with E-state index in [-0.39, 0.29) is 24.5 Å². The van der Waals surface area contributed by atoms with Crippen LogP contribution in [0, 0.1) is 0 Å². The van der Waals surface area contributed by atoms with Gasteiger partial charge in [0, 0.05) is 30.3 Å². The van der Waals surface area contributed by atoms with Gasteiger partial charge in [-0.2, -0.15) is 0 Å². The molecule has 0 aliphatic carbocycles. The number of methoxy groups -OCH3 is 2. The van der Waals surface area contributed by atoms with Crippen LogP contribution in [0.15, 0.2) is 42.5 Å². The topological polar surface area (TPSA) is 77.1 Å². The van der Waals surface area contributed by atoms with Gasteiger partial charge in [0.2, 0.25) is 5.91 Å². The summed E-state index contributed by atoms with van der Waals surface area (Å²) in [5, 5.41) is 3.45. The Morgan fingerprint density at radius 2 is 1.94 bits per heavy atom. The van der Waals surface area contributed by atoms with Crippen LogP contribution in [0.5, 0.6) is 11.5 Å². The molecule has 8 heteroatoms. The molecule has 1 heterocycles. The van der Waals surface area contributed by atoms with Crippen LogP contribution in [0.2, 0.25) is 5.02 Å². The van der Waals surface area contributed by atoms with Crippen molar-refractivity contribution in [2.75, 3.05) is 27.4 Å². The zero-order chi connectivity index (χ0) is 23.1. The third-order valence-electron chi connectivity index (χ3n) is 5.56. The minimum atomic E-state index is -0.728. The molecule has 7 nitrogen and oxygen atoms in total. The van der Waals surface area contributed by atoms with Crippen molar-refractivity contribution in [3.8, 4) is 11.5 Å². The molecule has 2 amide bonds. The van der Waals surface area contributed by atoms with Crippen molar-refractivity contribution in [1.82, 2.24) is 10.2 Å². The number of rotatable bonds is 9. The zero-order valence-electron chi connectivity index (χ0n) is 18.6. The summed E-state index contributed by atoms with van der Waals surface area (Å²) in [6, 6.07) is 11.5. The standard InChI is InChI=1S/C24H29ClN2O5/c1-16(23(28)26-14-19-8-6-12-32-19)27(15-18-7-4-5-9-20(18)25)24(29)17-10-11-21(30-2)22(13-17)31-3/h4-5,7,9-11,13,16,19H,6,8,12,14-15H2,1-3H3,(H,26,28). The number of benzene rings is 2. The van der Waals surface area contributed by atoms with Crippen LogP contribution in [0.25, 0.3) is 0 Å². The summed E-state index contributed by atoms with van der Waals surface area (Å²) in [6.07, 6.45) is 1.93. The summed E-state index contributed by atoms with van der Waals surface area (Å²) in [5.74, 6) is 0.391. The van der Waals surface area contributed by atoms with E-state index in [0.717, 1.165) is 18.4 Å². The highest BCUT2D eigenvalue weighted by molar-refractivity contribution is 6.31. The molecule has 32 heavy (non-hydrogen) atoms. The van der Waals surface area contributed by atoms with Crippen molar-refractivity contribution in [2.45, 2.75) is 38.5 Å². The number of nitrogens with zero attached hydrogens (tertiary/aromatic N) is 1. The molecule has 1 N–H and O–H groups in total. The van der Waals surface area contributed by atoms with Crippen LogP contribution >= 0.6 is 11.6 Å². The SMILES string of the molecule is COc1ccc(C(=O)N(Cc2ccccc2Cl)C(C)C(=O)NCC2CCCO2)cc1OC. The van der Waals surface area contributed by atoms with Gasteiger partial charge in [0.1, 0.15) is 6.04 Å². The number of carbonyl (C=O) groups excluding carboxylic acids is 2. The van der Waals surface area contributed by atoms with E-state index in [0.29, 0.717) is 35.2 Å². The van der Waals surface area contributed by atoms with Crippen LogP contribution in [0.3, 0.4) is 0 Å². The highest BCUT2D eigenvalue weighted by Crippen LogP contribution is 2.29. The Morgan fingerprint density at radius 1 is 1.19 bits per heavy atom. The van der Waals surface area contributed by atoms with E-state index in [1.165, 1.54) is 19.1 Å². The summed E-state index contributed by atoms with van der Waals surface area (Å²) in [7, 11) is 3.04. The van der Waals surface area contributed by atoms with Gasteiger partial charge >= 0.3 is 0 Å². The highest BCUT2D eigenvalue weighted by Gasteiger charge is 2.29. The summed E-state index contributed by atoms with van der Waals surface area (Å²) in [5.41, 5.74) is 1.13. The van der Waals surface area contributed by atoms with Gasteiger partial charge < -0.3 is 24.4 Å². The van der Waals surface area contributed by atoms with Gasteiger partial charge in [-0.05, 0) is 49.6 Å². The molecule has 1 saturated heterocycles. The Labute approximate surface area is 193 Å². The van der Waals surface area contributed by atoms with Crippen molar-refractivity contribution >= 4 is 23.4 Å². The molecule has 0 spiro atoms. The number of ether oxygens (including phenoxy) is 3. The van der Waals surface area contributed by atoms with E-state index in [1.807, 2.05) is 18.2 Å². The average Bonchev–Trinajstić information content (AvgIpc) is 3.34. The lowest BCUT2D eigenvalue weighted by Gasteiger charge is -2.29. The first-order chi connectivity index (χ1) is 15.4. The predicted molar refractivity (Wildman–Crippen MR) is 122 cm³/mol. The molecular weight excluding hydrogens is 432 g/mol. The second-order valence-electron chi connectivity index (χ2n) is 7.65. The second kappa shape index (κ2) is 11.2. The lowest BCUT2D eigenvalue weighted by Crippen LogP contribution is -2.49. The number of amides is 2. The fraction of sp³-hybridized carbons (Fsp3) is 0.417. The average molecular weight is 461 g/mol. The molecule has 172 valence electrons. The quantitative estimate of drug-likeness (QED) is 0.617. The lowest BCUT2D eigenvalue weighted by molar-refractivity contribution is -0.125. The first kappa shape index (κ1) is 23.9. The summed E-state index contributed by atoms with van der Waals surface area (Å²) in [6.45, 7) is 3.03. The van der Waals surface area contributed by atoms with Crippen molar-refractivity contribution < 1.29 is 23.8 Å². The van der Waals surface area contributed by atoms with Gasteiger partial charge in [0.05, 0.1) is 20.3 Å². The highest BCUT2D eigenvalue weighted by atomic mass is 35.5. The molecule has 3 rings (SSSR count). The first-order valence-corrected chi connectivity index (χ1v) is 11.0. The normalized spacial score (nSPS) is 16.3. The monoisotopic (exact) mass is 460 g/mol. The maximum absolute atomic E-state index is 13.5. The van der Waals surface area contributed by atoms with E-state index in [9.17, 15) is 9.59 Å². The molecular formula is C24H29ClN2O5. The number of hydrogen-bond acceptors (Lipinski definition) is 5. The molecule has 2 atom stereocenters. The molecule has 2 aromatic rings. The van der Waals surface area contributed by atoms with Crippen molar-refractivity contribution in [1.29, 1.82) is 0 Å². The second-order valence-corrected chi connectivity index (χ2v) is 8.06. The molecule has 1 aliphatic rings. The summed E-state index contributed by atoms with van der Waals surface area (Å²) in [4.78, 5) is 28.0. The van der Waals surface area contributed by atoms with Crippen LogP contribution < -0.4 is 14.8 Å². The van der Waals surface area contributed by atoms with Gasteiger partial charge in [-0.1, -0.05) is 29.8 Å². The number of nitrogens with one attached hydrogen (secondary N) is 1. The van der Waals surface area contributed by atoms with Crippen molar-refractivity contribution in [3.63, 3.8) is 0 Å². The smallest absolute Gasteiger partial charge is 0.254 e. The molecule has 1 aliphatic heterocycles. The van der Waals surface area contributed by atoms with Gasteiger partial charge in [0.15, 0.2) is 11.5 Å². The molecule has 0 radical (unpaired) electrons. The Hall–Kier alpha value is -2.77. The van der Waals surface area contributed by atoms with Gasteiger partial charge in [-0.3, -0.25) is 9.59 Å². The minimum absolute atomic E-state index is 0.0183. The van der Waals surface area contributed by atoms with Crippen LogP contribution in [0.1, 0.15) is 35.7 Å². The molecule has 0 aromatic heterocycles. The largest absolute Gasteiger partial charge is 0.493 e. The van der Waals surface area contributed by atoms with Crippen molar-refractivity contribution in [3.05, 3.63) is 58.6 Å². The Morgan fingerprint density at radius 3 is 2.59 bits per heavy atom. The maximum atomic E-state index is 13.5. The molecule has 2 unspecified atom stereocenters. The predicted octanol–water partition coefficient (Wildman–Crippen LogP) is 3.68. The third-order valence-corrected chi connectivity index (χ3v) is 5.93. The summed E-state index contributed by atoms with van der Waals surface area (Å²) < 4.78 is 16.2. The molecule has 2 aromatic carbocycles. The third kappa shape index (κ3) is 5.72. The van der Waals surface area contributed by atoms with Gasteiger partial charge in [-0.25, -0.2) is 0 Å². The maximum Gasteiger partial charge on any atom is 0.254 e. The first-order valence-electron chi connectivity index (χ1n) is 10.6. The van der Waals surface area contributed by atoms with Crippen LogP contribution in [-0.4, -0.2) is 56.2 Å². The van der Waals surface area contributed by atoms with Gasteiger partial charge in [-0.15, -0.1) is 0 Å². The fourth-order valence-electron chi connectivity index (χ4n) is 3.64. The van der Waals surface area contributed by atoms with Crippen LogP contribution in [0.4, 0.5) is 0 Å². The molecule has 1 fully saturated rings. The van der Waals surface area contributed by atoms with E-state index in [4.69, 9.17) is 25.8 Å². The van der Waals surface area contributed by atoms with Crippen LogP contribution in [-0.2, 0) is 16.1 Å². The van der Waals surface area contributed by atoms with E-state index in [1.54, 1.807) is 31.2 Å². The minimum Gasteiger partial charge on any atom is -0.493 e. The van der Waals surface area contributed by atoms with Crippen molar-refractivity contribution in [2.24, 2.45) is 0 Å². The lowest BCUT2D eigenvalue weighted by atomic mass is 10.1. The van der Waals surface area contributed by atoms with Gasteiger partial charge in [0.25, 0.3) is 5.91 Å². The van der Waals surface area contributed by atoms with E-state index < -0.39 is 6.04 Å². The number of halogens is 1. The molecule has 0 bridgehead atoms. The molecule has 0 saturated carbocycles. The van der Waals surface area contributed by atoms with E-state index >= 15 is 0 Å². The van der Waals surface area contributed by atoms with E-state index in [2.05, 4.69) is 5.32 Å². The summed E-state index contributed by atoms with van der Waals surface area (Å²) >= 11 is 6.35.